The van der Waals surface area contributed by atoms with E-state index in [4.69, 9.17) is 21.1 Å². The molecule has 0 aliphatic heterocycles. The van der Waals surface area contributed by atoms with E-state index < -0.39 is 0 Å². The number of benzene rings is 2. The van der Waals surface area contributed by atoms with Crippen LogP contribution in [0.15, 0.2) is 47.6 Å². The minimum atomic E-state index is -0.370. The van der Waals surface area contributed by atoms with Crippen LogP contribution in [0.2, 0.25) is 5.02 Å². The van der Waals surface area contributed by atoms with E-state index in [-0.39, 0.29) is 5.91 Å². The van der Waals surface area contributed by atoms with Crippen LogP contribution in [-0.4, -0.2) is 25.8 Å². The smallest absolute Gasteiger partial charge is 0.272 e. The first-order valence-corrected chi connectivity index (χ1v) is 7.42. The fourth-order valence-electron chi connectivity index (χ4n) is 1.91. The van der Waals surface area contributed by atoms with Crippen molar-refractivity contribution < 1.29 is 14.3 Å². The van der Waals surface area contributed by atoms with Gasteiger partial charge in [-0.15, -0.1) is 0 Å². The second-order valence-corrected chi connectivity index (χ2v) is 4.93. The van der Waals surface area contributed by atoms with Gasteiger partial charge in [0, 0.05) is 0 Å². The van der Waals surface area contributed by atoms with Crippen molar-refractivity contribution in [2.45, 2.75) is 6.92 Å². The largest absolute Gasteiger partial charge is 0.493 e. The van der Waals surface area contributed by atoms with Gasteiger partial charge >= 0.3 is 0 Å². The molecule has 5 nitrogen and oxygen atoms in total. The molecule has 120 valence electrons. The van der Waals surface area contributed by atoms with Gasteiger partial charge in [-0.2, -0.15) is 5.10 Å². The molecule has 23 heavy (non-hydrogen) atoms. The summed E-state index contributed by atoms with van der Waals surface area (Å²) in [7, 11) is 1.58. The van der Waals surface area contributed by atoms with Crippen LogP contribution in [0.4, 0.5) is 0 Å². The molecule has 0 unspecified atom stereocenters. The molecule has 2 aromatic carbocycles. The second-order valence-electron chi connectivity index (χ2n) is 4.52. The van der Waals surface area contributed by atoms with Crippen molar-refractivity contribution in [3.05, 3.63) is 58.6 Å². The van der Waals surface area contributed by atoms with Crippen LogP contribution in [0.3, 0.4) is 0 Å². The van der Waals surface area contributed by atoms with E-state index in [2.05, 4.69) is 10.5 Å². The molecule has 0 radical (unpaired) electrons. The summed E-state index contributed by atoms with van der Waals surface area (Å²) < 4.78 is 10.7. The van der Waals surface area contributed by atoms with Crippen LogP contribution in [0.1, 0.15) is 22.8 Å². The van der Waals surface area contributed by atoms with Gasteiger partial charge in [-0.3, -0.25) is 4.79 Å². The van der Waals surface area contributed by atoms with Gasteiger partial charge in [0.2, 0.25) is 0 Å². The van der Waals surface area contributed by atoms with Gasteiger partial charge in [0.05, 0.1) is 30.5 Å². The number of halogens is 1. The quantitative estimate of drug-likeness (QED) is 0.650. The molecule has 2 rings (SSSR count). The average molecular weight is 333 g/mol. The first-order chi connectivity index (χ1) is 11.2. The lowest BCUT2D eigenvalue weighted by molar-refractivity contribution is 0.0955. The standard InChI is InChI=1S/C17H17ClN2O3/c1-3-23-16-10-12(8-9-15(16)22-2)11-19-20-17(21)13-6-4-5-7-14(13)18/h4-11H,3H2,1-2H3,(H,20,21)/b19-11+. The fraction of sp³-hybridized carbons (Fsp3) is 0.176. The number of hydrogen-bond acceptors (Lipinski definition) is 4. The number of methoxy groups -OCH3 is 1. The Bertz CT molecular complexity index is 717. The molecule has 1 amide bonds. The number of rotatable bonds is 6. The highest BCUT2D eigenvalue weighted by atomic mass is 35.5. The monoisotopic (exact) mass is 332 g/mol. The van der Waals surface area contributed by atoms with E-state index in [1.54, 1.807) is 43.5 Å². The molecule has 6 heteroatoms. The summed E-state index contributed by atoms with van der Waals surface area (Å²) in [6.45, 7) is 2.42. The van der Waals surface area contributed by atoms with Gasteiger partial charge in [0.25, 0.3) is 5.91 Å². The normalized spacial score (nSPS) is 10.6. The third kappa shape index (κ3) is 4.47. The van der Waals surface area contributed by atoms with Crippen molar-refractivity contribution in [1.82, 2.24) is 5.43 Å². The summed E-state index contributed by atoms with van der Waals surface area (Å²) in [5, 5.41) is 4.31. The van der Waals surface area contributed by atoms with Crippen molar-refractivity contribution >= 4 is 23.7 Å². The fourth-order valence-corrected chi connectivity index (χ4v) is 2.13. The minimum absolute atomic E-state index is 0.370. The summed E-state index contributed by atoms with van der Waals surface area (Å²) in [5.74, 6) is 0.894. The number of hydrogen-bond donors (Lipinski definition) is 1. The zero-order valence-electron chi connectivity index (χ0n) is 12.9. The predicted molar refractivity (Wildman–Crippen MR) is 90.7 cm³/mol. The lowest BCUT2D eigenvalue weighted by Crippen LogP contribution is -2.17. The molecule has 2 aromatic rings. The molecular weight excluding hydrogens is 316 g/mol. The summed E-state index contributed by atoms with van der Waals surface area (Å²) >= 11 is 5.96. The molecule has 0 bridgehead atoms. The summed E-state index contributed by atoms with van der Waals surface area (Å²) in [5.41, 5.74) is 3.59. The van der Waals surface area contributed by atoms with Gasteiger partial charge in [-0.1, -0.05) is 23.7 Å². The maximum atomic E-state index is 12.0. The Labute approximate surface area is 139 Å². The summed E-state index contributed by atoms with van der Waals surface area (Å²) in [4.78, 5) is 12.0. The lowest BCUT2D eigenvalue weighted by atomic mass is 10.2. The van der Waals surface area contributed by atoms with Crippen LogP contribution < -0.4 is 14.9 Å². The van der Waals surface area contributed by atoms with Crippen molar-refractivity contribution in [3.63, 3.8) is 0 Å². The van der Waals surface area contributed by atoms with Crippen molar-refractivity contribution in [2.24, 2.45) is 5.10 Å². The number of hydrazone groups is 1. The van der Waals surface area contributed by atoms with Gasteiger partial charge in [0.15, 0.2) is 11.5 Å². The van der Waals surface area contributed by atoms with E-state index in [1.165, 1.54) is 6.21 Å². The van der Waals surface area contributed by atoms with Crippen molar-refractivity contribution in [2.75, 3.05) is 13.7 Å². The van der Waals surface area contributed by atoms with Gasteiger partial charge in [0.1, 0.15) is 0 Å². The lowest BCUT2D eigenvalue weighted by Gasteiger charge is -2.09. The molecule has 0 saturated heterocycles. The van der Waals surface area contributed by atoms with Crippen LogP contribution in [0.25, 0.3) is 0 Å². The highest BCUT2D eigenvalue weighted by Crippen LogP contribution is 2.27. The number of carbonyl (C=O) groups excluding carboxylic acids is 1. The zero-order valence-corrected chi connectivity index (χ0v) is 13.6. The third-order valence-corrected chi connectivity index (χ3v) is 3.32. The molecular formula is C17H17ClN2O3. The average Bonchev–Trinajstić information content (AvgIpc) is 2.56. The van der Waals surface area contributed by atoms with E-state index in [1.807, 2.05) is 13.0 Å². The van der Waals surface area contributed by atoms with E-state index >= 15 is 0 Å². The first-order valence-electron chi connectivity index (χ1n) is 7.04. The molecule has 0 aliphatic rings. The number of nitrogens with one attached hydrogen (secondary N) is 1. The Morgan fingerprint density at radius 2 is 2.04 bits per heavy atom. The van der Waals surface area contributed by atoms with Gasteiger partial charge in [-0.05, 0) is 42.8 Å². The topological polar surface area (TPSA) is 59.9 Å². The number of amides is 1. The van der Waals surface area contributed by atoms with E-state index in [9.17, 15) is 4.79 Å². The maximum absolute atomic E-state index is 12.0. The molecule has 0 heterocycles. The van der Waals surface area contributed by atoms with E-state index in [0.717, 1.165) is 5.56 Å². The highest BCUT2D eigenvalue weighted by molar-refractivity contribution is 6.33. The SMILES string of the molecule is CCOc1cc(/C=N/NC(=O)c2ccccc2Cl)ccc1OC. The predicted octanol–water partition coefficient (Wildman–Crippen LogP) is 3.51. The molecule has 0 aliphatic carbocycles. The van der Waals surface area contributed by atoms with Crippen LogP contribution in [-0.2, 0) is 0 Å². The van der Waals surface area contributed by atoms with Gasteiger partial charge in [-0.25, -0.2) is 5.43 Å². The Balaban J connectivity index is 2.07. The number of nitrogens with zero attached hydrogens (tertiary/aromatic N) is 1. The zero-order chi connectivity index (χ0) is 16.7. The molecule has 0 saturated carbocycles. The summed E-state index contributed by atoms with van der Waals surface area (Å²) in [6.07, 6.45) is 1.52. The Morgan fingerprint density at radius 1 is 1.26 bits per heavy atom. The highest BCUT2D eigenvalue weighted by Gasteiger charge is 2.08. The first kappa shape index (κ1) is 16.8. The van der Waals surface area contributed by atoms with Crippen LogP contribution >= 0.6 is 11.6 Å². The third-order valence-electron chi connectivity index (χ3n) is 2.99. The number of carbonyl (C=O) groups is 1. The number of ether oxygens (including phenoxy) is 2. The van der Waals surface area contributed by atoms with Crippen molar-refractivity contribution in [1.29, 1.82) is 0 Å². The minimum Gasteiger partial charge on any atom is -0.493 e. The second kappa shape index (κ2) is 8.19. The maximum Gasteiger partial charge on any atom is 0.272 e. The van der Waals surface area contributed by atoms with E-state index in [0.29, 0.717) is 28.7 Å². The summed E-state index contributed by atoms with van der Waals surface area (Å²) in [6, 6.07) is 12.2. The van der Waals surface area contributed by atoms with Crippen molar-refractivity contribution in [3.8, 4) is 11.5 Å². The Kier molecular flexibility index (Phi) is 6.00. The molecule has 0 spiro atoms. The van der Waals surface area contributed by atoms with Crippen LogP contribution in [0, 0.1) is 0 Å². The molecule has 0 fully saturated rings. The molecule has 0 aromatic heterocycles. The Morgan fingerprint density at radius 3 is 2.74 bits per heavy atom. The molecule has 0 atom stereocenters. The van der Waals surface area contributed by atoms with Gasteiger partial charge < -0.3 is 9.47 Å². The molecule has 1 N–H and O–H groups in total. The van der Waals surface area contributed by atoms with Crippen LogP contribution in [0.5, 0.6) is 11.5 Å². The Hall–Kier alpha value is -2.53.